The van der Waals surface area contributed by atoms with E-state index in [0.717, 1.165) is 32.7 Å². The molecule has 3 rings (SSSR count). The van der Waals surface area contributed by atoms with E-state index in [-0.39, 0.29) is 12.5 Å². The molecule has 138 valence electrons. The SMILES string of the molecule is COc1ccccc1OCC(=O)N1CCN(Cc2ccc(C)cc2)CC1. The average Bonchev–Trinajstić information content (AvgIpc) is 2.68. The Kier molecular flexibility index (Phi) is 6.12. The maximum absolute atomic E-state index is 12.4. The van der Waals surface area contributed by atoms with Crippen molar-refractivity contribution >= 4 is 5.91 Å². The number of ether oxygens (including phenoxy) is 2. The van der Waals surface area contributed by atoms with Gasteiger partial charge in [0, 0.05) is 32.7 Å². The first kappa shape index (κ1) is 18.3. The van der Waals surface area contributed by atoms with Gasteiger partial charge in [-0.2, -0.15) is 0 Å². The van der Waals surface area contributed by atoms with Crippen molar-refractivity contribution in [2.75, 3.05) is 39.9 Å². The van der Waals surface area contributed by atoms with Crippen molar-refractivity contribution < 1.29 is 14.3 Å². The van der Waals surface area contributed by atoms with Crippen molar-refractivity contribution in [3.63, 3.8) is 0 Å². The monoisotopic (exact) mass is 354 g/mol. The summed E-state index contributed by atoms with van der Waals surface area (Å²) < 4.78 is 10.9. The topological polar surface area (TPSA) is 42.0 Å². The van der Waals surface area contributed by atoms with E-state index in [1.54, 1.807) is 7.11 Å². The van der Waals surface area contributed by atoms with Crippen LogP contribution in [0.2, 0.25) is 0 Å². The fourth-order valence-corrected chi connectivity index (χ4v) is 3.08. The molecule has 0 bridgehead atoms. The van der Waals surface area contributed by atoms with E-state index in [1.165, 1.54) is 11.1 Å². The molecule has 5 heteroatoms. The molecule has 0 N–H and O–H groups in total. The third-order valence-electron chi connectivity index (χ3n) is 4.67. The molecule has 1 heterocycles. The third kappa shape index (κ3) is 4.76. The van der Waals surface area contributed by atoms with E-state index in [2.05, 4.69) is 36.1 Å². The number of nitrogens with zero attached hydrogens (tertiary/aromatic N) is 2. The molecule has 0 spiro atoms. The standard InChI is InChI=1S/C21H26N2O3/c1-17-7-9-18(10-8-17)15-22-11-13-23(14-12-22)21(24)16-26-20-6-4-3-5-19(20)25-2/h3-10H,11-16H2,1-2H3. The first-order chi connectivity index (χ1) is 12.7. The zero-order valence-electron chi connectivity index (χ0n) is 15.5. The fraction of sp³-hybridized carbons (Fsp3) is 0.381. The summed E-state index contributed by atoms with van der Waals surface area (Å²) in [4.78, 5) is 16.7. The minimum atomic E-state index is 0.0193. The number of methoxy groups -OCH3 is 1. The van der Waals surface area contributed by atoms with Gasteiger partial charge in [-0.3, -0.25) is 9.69 Å². The van der Waals surface area contributed by atoms with Crippen LogP contribution in [0.25, 0.3) is 0 Å². The molecule has 2 aromatic rings. The maximum atomic E-state index is 12.4. The van der Waals surface area contributed by atoms with Crippen LogP contribution in [-0.2, 0) is 11.3 Å². The molecule has 0 saturated carbocycles. The lowest BCUT2D eigenvalue weighted by Gasteiger charge is -2.34. The molecule has 1 aliphatic heterocycles. The molecule has 1 amide bonds. The first-order valence-electron chi connectivity index (χ1n) is 8.97. The van der Waals surface area contributed by atoms with Gasteiger partial charge in [-0.15, -0.1) is 0 Å². The Hall–Kier alpha value is -2.53. The molecule has 5 nitrogen and oxygen atoms in total. The molecule has 0 unspecified atom stereocenters. The van der Waals surface area contributed by atoms with Crippen molar-refractivity contribution in [1.29, 1.82) is 0 Å². The van der Waals surface area contributed by atoms with Crippen LogP contribution < -0.4 is 9.47 Å². The van der Waals surface area contributed by atoms with Crippen LogP contribution in [0, 0.1) is 6.92 Å². The van der Waals surface area contributed by atoms with E-state index in [9.17, 15) is 4.79 Å². The highest BCUT2D eigenvalue weighted by Crippen LogP contribution is 2.25. The second kappa shape index (κ2) is 8.72. The number of hydrogen-bond donors (Lipinski definition) is 0. The number of benzene rings is 2. The minimum absolute atomic E-state index is 0.0193. The predicted molar refractivity (Wildman–Crippen MR) is 102 cm³/mol. The van der Waals surface area contributed by atoms with Gasteiger partial charge in [-0.05, 0) is 24.6 Å². The largest absolute Gasteiger partial charge is 0.493 e. The van der Waals surface area contributed by atoms with E-state index >= 15 is 0 Å². The van der Waals surface area contributed by atoms with Crippen LogP contribution in [0.5, 0.6) is 11.5 Å². The molecule has 1 fully saturated rings. The Bertz CT molecular complexity index is 722. The van der Waals surface area contributed by atoms with Crippen LogP contribution in [-0.4, -0.2) is 55.6 Å². The van der Waals surface area contributed by atoms with Crippen molar-refractivity contribution in [3.8, 4) is 11.5 Å². The summed E-state index contributed by atoms with van der Waals surface area (Å²) in [5, 5.41) is 0. The van der Waals surface area contributed by atoms with Gasteiger partial charge in [0.25, 0.3) is 5.91 Å². The molecular formula is C21H26N2O3. The first-order valence-corrected chi connectivity index (χ1v) is 8.97. The molecule has 1 aliphatic rings. The van der Waals surface area contributed by atoms with Gasteiger partial charge in [0.1, 0.15) is 0 Å². The summed E-state index contributed by atoms with van der Waals surface area (Å²) in [6.07, 6.45) is 0. The fourth-order valence-electron chi connectivity index (χ4n) is 3.08. The Balaban J connectivity index is 1.45. The highest BCUT2D eigenvalue weighted by molar-refractivity contribution is 5.78. The van der Waals surface area contributed by atoms with Gasteiger partial charge in [-0.1, -0.05) is 42.0 Å². The number of carbonyl (C=O) groups is 1. The molecule has 0 atom stereocenters. The lowest BCUT2D eigenvalue weighted by atomic mass is 10.1. The Labute approximate surface area is 155 Å². The van der Waals surface area contributed by atoms with E-state index in [0.29, 0.717) is 11.5 Å². The highest BCUT2D eigenvalue weighted by atomic mass is 16.5. The molecular weight excluding hydrogens is 328 g/mol. The number of carbonyl (C=O) groups excluding carboxylic acids is 1. The van der Waals surface area contributed by atoms with Crippen LogP contribution in [0.1, 0.15) is 11.1 Å². The summed E-state index contributed by atoms with van der Waals surface area (Å²) >= 11 is 0. The average molecular weight is 354 g/mol. The van der Waals surface area contributed by atoms with Gasteiger partial charge in [0.2, 0.25) is 0 Å². The van der Waals surface area contributed by atoms with Gasteiger partial charge in [0.15, 0.2) is 18.1 Å². The van der Waals surface area contributed by atoms with Gasteiger partial charge >= 0.3 is 0 Å². The smallest absolute Gasteiger partial charge is 0.260 e. The highest BCUT2D eigenvalue weighted by Gasteiger charge is 2.21. The number of hydrogen-bond acceptors (Lipinski definition) is 4. The Morgan fingerprint density at radius 1 is 0.962 bits per heavy atom. The van der Waals surface area contributed by atoms with Crippen molar-refractivity contribution in [1.82, 2.24) is 9.80 Å². The van der Waals surface area contributed by atoms with Crippen LogP contribution >= 0.6 is 0 Å². The van der Waals surface area contributed by atoms with Gasteiger partial charge in [-0.25, -0.2) is 0 Å². The lowest BCUT2D eigenvalue weighted by Crippen LogP contribution is -2.49. The predicted octanol–water partition coefficient (Wildman–Crippen LogP) is 2.73. The molecule has 2 aromatic carbocycles. The molecule has 26 heavy (non-hydrogen) atoms. The van der Waals surface area contributed by atoms with Crippen LogP contribution in [0.15, 0.2) is 48.5 Å². The second-order valence-electron chi connectivity index (χ2n) is 6.58. The number of amides is 1. The number of rotatable bonds is 6. The second-order valence-corrected chi connectivity index (χ2v) is 6.58. The van der Waals surface area contributed by atoms with Crippen LogP contribution in [0.3, 0.4) is 0 Å². The zero-order valence-corrected chi connectivity index (χ0v) is 15.5. The van der Waals surface area contributed by atoms with E-state index < -0.39 is 0 Å². The van der Waals surface area contributed by atoms with E-state index in [4.69, 9.17) is 9.47 Å². The molecule has 0 aromatic heterocycles. The van der Waals surface area contributed by atoms with Gasteiger partial charge < -0.3 is 14.4 Å². The van der Waals surface area contributed by atoms with Crippen molar-refractivity contribution in [3.05, 3.63) is 59.7 Å². The van der Waals surface area contributed by atoms with Crippen LogP contribution in [0.4, 0.5) is 0 Å². The summed E-state index contributed by atoms with van der Waals surface area (Å²) in [7, 11) is 1.59. The summed E-state index contributed by atoms with van der Waals surface area (Å²) in [6.45, 7) is 6.31. The lowest BCUT2D eigenvalue weighted by molar-refractivity contribution is -0.135. The summed E-state index contributed by atoms with van der Waals surface area (Å²) in [5.74, 6) is 1.26. The quantitative estimate of drug-likeness (QED) is 0.800. The molecule has 0 aliphatic carbocycles. The zero-order chi connectivity index (χ0) is 18.4. The third-order valence-corrected chi connectivity index (χ3v) is 4.67. The molecule has 0 radical (unpaired) electrons. The Morgan fingerprint density at radius 2 is 1.62 bits per heavy atom. The summed E-state index contributed by atoms with van der Waals surface area (Å²) in [5.41, 5.74) is 2.59. The minimum Gasteiger partial charge on any atom is -0.493 e. The van der Waals surface area contributed by atoms with Crippen molar-refractivity contribution in [2.45, 2.75) is 13.5 Å². The number of aryl methyl sites for hydroxylation is 1. The van der Waals surface area contributed by atoms with E-state index in [1.807, 2.05) is 29.2 Å². The maximum Gasteiger partial charge on any atom is 0.260 e. The molecule has 1 saturated heterocycles. The summed E-state index contributed by atoms with van der Waals surface area (Å²) in [6, 6.07) is 16.0. The number of para-hydroxylation sites is 2. The van der Waals surface area contributed by atoms with Gasteiger partial charge in [0.05, 0.1) is 7.11 Å². The Morgan fingerprint density at radius 3 is 2.27 bits per heavy atom. The normalized spacial score (nSPS) is 14.9. The number of piperazine rings is 1. The van der Waals surface area contributed by atoms with Crippen molar-refractivity contribution in [2.24, 2.45) is 0 Å².